The number of rotatable bonds is 4. The van der Waals surface area contributed by atoms with Crippen LogP contribution in [0.2, 0.25) is 5.02 Å². The molecule has 0 saturated heterocycles. The molecule has 1 aliphatic rings. The SMILES string of the molecule is C#CCN(CC1CC1)C(=O)c1ccc(C)cc1Cl. The number of amides is 1. The molecule has 1 saturated carbocycles. The van der Waals surface area contributed by atoms with Crippen molar-refractivity contribution >= 4 is 17.5 Å². The summed E-state index contributed by atoms with van der Waals surface area (Å²) in [4.78, 5) is 14.1. The summed E-state index contributed by atoms with van der Waals surface area (Å²) >= 11 is 6.12. The lowest BCUT2D eigenvalue weighted by Gasteiger charge is -2.20. The van der Waals surface area contributed by atoms with Crippen LogP contribution in [0.3, 0.4) is 0 Å². The molecule has 0 atom stereocenters. The first kappa shape index (κ1) is 13.0. The second-order valence-corrected chi connectivity index (χ2v) is 5.22. The summed E-state index contributed by atoms with van der Waals surface area (Å²) in [6.45, 7) is 3.04. The second kappa shape index (κ2) is 5.46. The molecule has 1 aromatic rings. The van der Waals surface area contributed by atoms with Crippen LogP contribution in [0.1, 0.15) is 28.8 Å². The van der Waals surface area contributed by atoms with Crippen LogP contribution in [-0.2, 0) is 0 Å². The molecule has 1 aromatic carbocycles. The molecular weight excluding hydrogens is 246 g/mol. The third-order valence-electron chi connectivity index (χ3n) is 3.10. The van der Waals surface area contributed by atoms with Crippen molar-refractivity contribution < 1.29 is 4.79 Å². The molecule has 2 rings (SSSR count). The van der Waals surface area contributed by atoms with E-state index in [4.69, 9.17) is 18.0 Å². The molecule has 18 heavy (non-hydrogen) atoms. The van der Waals surface area contributed by atoms with E-state index in [-0.39, 0.29) is 5.91 Å². The van der Waals surface area contributed by atoms with E-state index in [1.807, 2.05) is 13.0 Å². The quantitative estimate of drug-likeness (QED) is 0.763. The van der Waals surface area contributed by atoms with Crippen LogP contribution in [0.4, 0.5) is 0 Å². The van der Waals surface area contributed by atoms with Gasteiger partial charge in [0.15, 0.2) is 0 Å². The van der Waals surface area contributed by atoms with Crippen molar-refractivity contribution in [2.24, 2.45) is 5.92 Å². The van der Waals surface area contributed by atoms with E-state index in [1.54, 1.807) is 17.0 Å². The Bertz CT molecular complexity index is 500. The molecule has 0 radical (unpaired) electrons. The minimum Gasteiger partial charge on any atom is -0.327 e. The average molecular weight is 262 g/mol. The third kappa shape index (κ3) is 3.05. The maximum Gasteiger partial charge on any atom is 0.256 e. The van der Waals surface area contributed by atoms with E-state index in [0.29, 0.717) is 23.0 Å². The van der Waals surface area contributed by atoms with Crippen LogP contribution in [-0.4, -0.2) is 23.9 Å². The first-order valence-corrected chi connectivity index (χ1v) is 6.48. The van der Waals surface area contributed by atoms with Gasteiger partial charge in [-0.05, 0) is 43.4 Å². The Hall–Kier alpha value is -1.46. The second-order valence-electron chi connectivity index (χ2n) is 4.82. The van der Waals surface area contributed by atoms with Crippen molar-refractivity contribution in [1.29, 1.82) is 0 Å². The number of hydrogen-bond acceptors (Lipinski definition) is 1. The Morgan fingerprint density at radius 3 is 2.83 bits per heavy atom. The van der Waals surface area contributed by atoms with Gasteiger partial charge in [-0.25, -0.2) is 0 Å². The molecule has 0 N–H and O–H groups in total. The predicted molar refractivity (Wildman–Crippen MR) is 73.6 cm³/mol. The van der Waals surface area contributed by atoms with E-state index in [2.05, 4.69) is 5.92 Å². The van der Waals surface area contributed by atoms with Gasteiger partial charge < -0.3 is 4.90 Å². The summed E-state index contributed by atoms with van der Waals surface area (Å²) in [7, 11) is 0. The van der Waals surface area contributed by atoms with Crippen molar-refractivity contribution in [3.05, 3.63) is 34.3 Å². The molecule has 94 valence electrons. The Kier molecular flexibility index (Phi) is 3.93. The monoisotopic (exact) mass is 261 g/mol. The standard InChI is InChI=1S/C15H16ClNO/c1-3-8-17(10-12-5-6-12)15(18)13-7-4-11(2)9-14(13)16/h1,4,7,9,12H,5-6,8,10H2,2H3. The lowest BCUT2D eigenvalue weighted by molar-refractivity contribution is 0.0770. The summed E-state index contributed by atoms with van der Waals surface area (Å²) in [6, 6.07) is 5.47. The van der Waals surface area contributed by atoms with Crippen molar-refractivity contribution in [2.75, 3.05) is 13.1 Å². The van der Waals surface area contributed by atoms with Gasteiger partial charge in [0.25, 0.3) is 5.91 Å². The van der Waals surface area contributed by atoms with Gasteiger partial charge in [0.05, 0.1) is 17.1 Å². The summed E-state index contributed by atoms with van der Waals surface area (Å²) < 4.78 is 0. The maximum atomic E-state index is 12.4. The van der Waals surface area contributed by atoms with Crippen molar-refractivity contribution in [3.63, 3.8) is 0 Å². The fourth-order valence-corrected chi connectivity index (χ4v) is 2.22. The van der Waals surface area contributed by atoms with Crippen molar-refractivity contribution in [3.8, 4) is 12.3 Å². The summed E-state index contributed by atoms with van der Waals surface area (Å²) in [6.07, 6.45) is 7.71. The van der Waals surface area contributed by atoms with Crippen LogP contribution in [0.25, 0.3) is 0 Å². The smallest absolute Gasteiger partial charge is 0.256 e. The fourth-order valence-electron chi connectivity index (χ4n) is 1.91. The number of nitrogens with zero attached hydrogens (tertiary/aromatic N) is 1. The summed E-state index contributed by atoms with van der Waals surface area (Å²) in [5.41, 5.74) is 1.58. The van der Waals surface area contributed by atoms with Crippen LogP contribution < -0.4 is 0 Å². The first-order valence-electron chi connectivity index (χ1n) is 6.10. The van der Waals surface area contributed by atoms with Crippen molar-refractivity contribution in [2.45, 2.75) is 19.8 Å². The number of carbonyl (C=O) groups is 1. The number of aryl methyl sites for hydroxylation is 1. The zero-order valence-corrected chi connectivity index (χ0v) is 11.2. The fraction of sp³-hybridized carbons (Fsp3) is 0.400. The average Bonchev–Trinajstić information content (AvgIpc) is 3.11. The molecular formula is C15H16ClNO. The molecule has 0 heterocycles. The lowest BCUT2D eigenvalue weighted by atomic mass is 10.1. The highest BCUT2D eigenvalue weighted by Gasteiger charge is 2.27. The van der Waals surface area contributed by atoms with Gasteiger partial charge in [0.2, 0.25) is 0 Å². The van der Waals surface area contributed by atoms with Gasteiger partial charge in [-0.2, -0.15) is 0 Å². The van der Waals surface area contributed by atoms with Crippen LogP contribution in [0.5, 0.6) is 0 Å². The molecule has 0 aromatic heterocycles. The number of terminal acetylenes is 1. The molecule has 1 amide bonds. The van der Waals surface area contributed by atoms with Crippen molar-refractivity contribution in [1.82, 2.24) is 4.90 Å². The number of benzene rings is 1. The molecule has 1 aliphatic carbocycles. The molecule has 3 heteroatoms. The highest BCUT2D eigenvalue weighted by molar-refractivity contribution is 6.33. The minimum absolute atomic E-state index is 0.0650. The molecule has 0 spiro atoms. The van der Waals surface area contributed by atoms with E-state index in [9.17, 15) is 4.79 Å². The molecule has 2 nitrogen and oxygen atoms in total. The van der Waals surface area contributed by atoms with Crippen LogP contribution >= 0.6 is 11.6 Å². The van der Waals surface area contributed by atoms with Gasteiger partial charge in [0, 0.05) is 6.54 Å². The predicted octanol–water partition coefficient (Wildman–Crippen LogP) is 3.13. The van der Waals surface area contributed by atoms with E-state index in [1.165, 1.54) is 12.8 Å². The number of halogens is 1. The van der Waals surface area contributed by atoms with E-state index in [0.717, 1.165) is 12.1 Å². The first-order chi connectivity index (χ1) is 8.61. The Morgan fingerprint density at radius 2 is 2.28 bits per heavy atom. The highest BCUT2D eigenvalue weighted by Crippen LogP contribution is 2.30. The largest absolute Gasteiger partial charge is 0.327 e. The Labute approximate surface area is 113 Å². The highest BCUT2D eigenvalue weighted by atomic mass is 35.5. The van der Waals surface area contributed by atoms with E-state index < -0.39 is 0 Å². The Balaban J connectivity index is 2.18. The summed E-state index contributed by atoms with van der Waals surface area (Å²) in [5.74, 6) is 3.10. The van der Waals surface area contributed by atoms with Crippen LogP contribution in [0.15, 0.2) is 18.2 Å². The zero-order valence-electron chi connectivity index (χ0n) is 10.4. The van der Waals surface area contributed by atoms with Crippen LogP contribution in [0, 0.1) is 25.2 Å². The van der Waals surface area contributed by atoms with Gasteiger partial charge in [-0.1, -0.05) is 23.6 Å². The molecule has 1 fully saturated rings. The zero-order chi connectivity index (χ0) is 13.1. The Morgan fingerprint density at radius 1 is 1.56 bits per heavy atom. The molecule has 0 bridgehead atoms. The van der Waals surface area contributed by atoms with Gasteiger partial charge >= 0.3 is 0 Å². The maximum absolute atomic E-state index is 12.4. The van der Waals surface area contributed by atoms with Gasteiger partial charge in [-0.3, -0.25) is 4.79 Å². The molecule has 0 aliphatic heterocycles. The van der Waals surface area contributed by atoms with E-state index >= 15 is 0 Å². The topological polar surface area (TPSA) is 20.3 Å². The minimum atomic E-state index is -0.0650. The number of hydrogen-bond donors (Lipinski definition) is 0. The lowest BCUT2D eigenvalue weighted by Crippen LogP contribution is -2.33. The number of carbonyl (C=O) groups excluding carboxylic acids is 1. The molecule has 0 unspecified atom stereocenters. The van der Waals surface area contributed by atoms with Gasteiger partial charge in [-0.15, -0.1) is 6.42 Å². The third-order valence-corrected chi connectivity index (χ3v) is 3.41. The summed E-state index contributed by atoms with van der Waals surface area (Å²) in [5, 5.41) is 0.498. The van der Waals surface area contributed by atoms with Gasteiger partial charge in [0.1, 0.15) is 0 Å². The normalized spacial score (nSPS) is 14.1.